The van der Waals surface area contributed by atoms with Gasteiger partial charge in [0.1, 0.15) is 0 Å². The topological polar surface area (TPSA) is 18.5 Å². The molecule has 12 heavy (non-hydrogen) atoms. The molecule has 0 aromatic rings. The monoisotopic (exact) mass is 186 g/mol. The fourth-order valence-electron chi connectivity index (χ4n) is 0.716. The van der Waals surface area contributed by atoms with Crippen molar-refractivity contribution >= 4 is 8.56 Å². The van der Waals surface area contributed by atoms with Crippen molar-refractivity contribution in [3.63, 3.8) is 0 Å². The molecule has 0 saturated heterocycles. The fourth-order valence-corrected chi connectivity index (χ4v) is 1.72. The minimum absolute atomic E-state index is 0.950. The van der Waals surface area contributed by atoms with Gasteiger partial charge < -0.3 is 8.85 Å². The van der Waals surface area contributed by atoms with E-state index in [2.05, 4.69) is 12.2 Å². The second-order valence-electron chi connectivity index (χ2n) is 2.63. The lowest BCUT2D eigenvalue weighted by Gasteiger charge is -2.17. The third kappa shape index (κ3) is 4.49. The lowest BCUT2D eigenvalue weighted by Crippen LogP contribution is -2.33. The number of hydrogen-bond donors (Lipinski definition) is 0. The first-order valence-electron chi connectivity index (χ1n) is 4.07. The SMILES string of the molecule is C/C=C/C/C=C/[Si](C)(OC)OC. The molecule has 3 heteroatoms. The molecule has 0 aliphatic heterocycles. The first-order chi connectivity index (χ1) is 5.68. The Hall–Kier alpha value is -0.383. The summed E-state index contributed by atoms with van der Waals surface area (Å²) in [7, 11) is 1.42. The lowest BCUT2D eigenvalue weighted by molar-refractivity contribution is 0.264. The Morgan fingerprint density at radius 1 is 1.17 bits per heavy atom. The molecule has 70 valence electrons. The van der Waals surface area contributed by atoms with Crippen molar-refractivity contribution < 1.29 is 8.85 Å². The number of hydrogen-bond acceptors (Lipinski definition) is 2. The van der Waals surface area contributed by atoms with Crippen LogP contribution in [0.4, 0.5) is 0 Å². The quantitative estimate of drug-likeness (QED) is 0.485. The van der Waals surface area contributed by atoms with Crippen molar-refractivity contribution in [1.82, 2.24) is 0 Å². The van der Waals surface area contributed by atoms with Crippen molar-refractivity contribution in [3.8, 4) is 0 Å². The Morgan fingerprint density at radius 2 is 1.75 bits per heavy atom. The van der Waals surface area contributed by atoms with Crippen molar-refractivity contribution in [2.75, 3.05) is 14.2 Å². The van der Waals surface area contributed by atoms with Gasteiger partial charge in [-0.1, -0.05) is 18.2 Å². The predicted molar refractivity (Wildman–Crippen MR) is 54.2 cm³/mol. The second kappa shape index (κ2) is 6.17. The summed E-state index contributed by atoms with van der Waals surface area (Å²) in [5.74, 6) is 0. The Labute approximate surface area is 76.1 Å². The van der Waals surface area contributed by atoms with Crippen molar-refractivity contribution in [1.29, 1.82) is 0 Å². The lowest BCUT2D eigenvalue weighted by atomic mass is 10.4. The molecule has 2 nitrogen and oxygen atoms in total. The summed E-state index contributed by atoms with van der Waals surface area (Å²) in [5, 5.41) is 0. The van der Waals surface area contributed by atoms with Gasteiger partial charge >= 0.3 is 8.56 Å². The molecule has 0 N–H and O–H groups in total. The van der Waals surface area contributed by atoms with Gasteiger partial charge in [0.2, 0.25) is 0 Å². The van der Waals surface area contributed by atoms with Gasteiger partial charge in [-0.15, -0.1) is 0 Å². The highest BCUT2D eigenvalue weighted by molar-refractivity contribution is 6.71. The van der Waals surface area contributed by atoms with E-state index in [1.807, 2.05) is 25.2 Å². The molecule has 0 fully saturated rings. The summed E-state index contributed by atoms with van der Waals surface area (Å²) < 4.78 is 10.5. The highest BCUT2D eigenvalue weighted by Crippen LogP contribution is 2.06. The molecule has 0 unspecified atom stereocenters. The van der Waals surface area contributed by atoms with Gasteiger partial charge in [-0.2, -0.15) is 0 Å². The molecule has 0 amide bonds. The smallest absolute Gasteiger partial charge is 0.361 e. The third-order valence-electron chi connectivity index (χ3n) is 1.74. The Balaban J connectivity index is 3.92. The zero-order chi connectivity index (χ0) is 9.45. The van der Waals surface area contributed by atoms with Gasteiger partial charge in [0.05, 0.1) is 0 Å². The zero-order valence-electron chi connectivity index (χ0n) is 8.33. The average Bonchev–Trinajstić information content (AvgIpc) is 2.12. The van der Waals surface area contributed by atoms with Crippen LogP contribution in [0, 0.1) is 0 Å². The first-order valence-corrected chi connectivity index (χ1v) is 6.47. The van der Waals surface area contributed by atoms with Crippen LogP contribution < -0.4 is 0 Å². The number of rotatable bonds is 5. The van der Waals surface area contributed by atoms with E-state index in [-0.39, 0.29) is 0 Å². The molecule has 0 rings (SSSR count). The van der Waals surface area contributed by atoms with Crippen molar-refractivity contribution in [2.45, 2.75) is 19.9 Å². The van der Waals surface area contributed by atoms with Gasteiger partial charge in [0.25, 0.3) is 0 Å². The van der Waals surface area contributed by atoms with Crippen LogP contribution in [0.5, 0.6) is 0 Å². The van der Waals surface area contributed by atoms with Crippen molar-refractivity contribution in [3.05, 3.63) is 23.9 Å². The van der Waals surface area contributed by atoms with Crippen LogP contribution in [0.15, 0.2) is 23.9 Å². The molecule has 0 aliphatic carbocycles. The average molecular weight is 186 g/mol. The van der Waals surface area contributed by atoms with Crippen LogP contribution in [0.1, 0.15) is 13.3 Å². The Kier molecular flexibility index (Phi) is 5.97. The summed E-state index contributed by atoms with van der Waals surface area (Å²) in [6.45, 7) is 4.02. The molecule has 0 atom stereocenters. The van der Waals surface area contributed by atoms with E-state index < -0.39 is 8.56 Å². The van der Waals surface area contributed by atoms with E-state index in [0.717, 1.165) is 6.42 Å². The van der Waals surface area contributed by atoms with Crippen LogP contribution in [-0.2, 0) is 8.85 Å². The highest BCUT2D eigenvalue weighted by Gasteiger charge is 2.23. The minimum Gasteiger partial charge on any atom is -0.395 e. The fraction of sp³-hybridized carbons (Fsp3) is 0.556. The van der Waals surface area contributed by atoms with E-state index in [1.54, 1.807) is 14.2 Å². The van der Waals surface area contributed by atoms with Gasteiger partial charge in [0, 0.05) is 14.2 Å². The van der Waals surface area contributed by atoms with Gasteiger partial charge in [0.15, 0.2) is 0 Å². The molecule has 0 saturated carbocycles. The zero-order valence-corrected chi connectivity index (χ0v) is 9.33. The molecule has 0 heterocycles. The van der Waals surface area contributed by atoms with Crippen molar-refractivity contribution in [2.24, 2.45) is 0 Å². The molecule has 0 radical (unpaired) electrons. The normalized spacial score (nSPS) is 13.3. The summed E-state index contributed by atoms with van der Waals surface area (Å²) >= 11 is 0. The minimum atomic E-state index is -1.96. The van der Waals surface area contributed by atoms with Crippen LogP contribution in [0.2, 0.25) is 6.55 Å². The summed E-state index contributed by atoms with van der Waals surface area (Å²) in [6, 6.07) is 0. The standard InChI is InChI=1S/C9H18O2Si/c1-5-6-7-8-9-12(4,10-2)11-3/h5-6,8-9H,7H2,1-4H3/b6-5+,9-8+. The van der Waals surface area contributed by atoms with Crippen LogP contribution in [0.25, 0.3) is 0 Å². The summed E-state index contributed by atoms with van der Waals surface area (Å²) in [5.41, 5.74) is 2.05. The molecule has 0 bridgehead atoms. The molecular formula is C9H18O2Si. The maximum Gasteiger partial charge on any atom is 0.361 e. The summed E-state index contributed by atoms with van der Waals surface area (Å²) in [6.07, 6.45) is 7.16. The maximum atomic E-state index is 5.27. The van der Waals surface area contributed by atoms with E-state index in [0.29, 0.717) is 0 Å². The summed E-state index contributed by atoms with van der Waals surface area (Å²) in [4.78, 5) is 0. The predicted octanol–water partition coefficient (Wildman–Crippen LogP) is 2.41. The van der Waals surface area contributed by atoms with Gasteiger partial charge in [-0.05, 0) is 25.6 Å². The van der Waals surface area contributed by atoms with E-state index in [1.165, 1.54) is 0 Å². The third-order valence-corrected chi connectivity index (χ3v) is 4.20. The molecule has 0 spiro atoms. The second-order valence-corrected chi connectivity index (χ2v) is 5.81. The Bertz CT molecular complexity index is 160. The van der Waals surface area contributed by atoms with E-state index in [9.17, 15) is 0 Å². The van der Waals surface area contributed by atoms with Crippen LogP contribution in [0.3, 0.4) is 0 Å². The molecule has 0 aliphatic rings. The van der Waals surface area contributed by atoms with Crippen LogP contribution >= 0.6 is 0 Å². The maximum absolute atomic E-state index is 5.27. The van der Waals surface area contributed by atoms with Crippen LogP contribution in [-0.4, -0.2) is 22.8 Å². The molecular weight excluding hydrogens is 168 g/mol. The first kappa shape index (κ1) is 11.6. The van der Waals surface area contributed by atoms with Gasteiger partial charge in [-0.3, -0.25) is 0 Å². The molecule has 0 aromatic carbocycles. The van der Waals surface area contributed by atoms with E-state index in [4.69, 9.17) is 8.85 Å². The molecule has 0 aromatic heterocycles. The highest BCUT2D eigenvalue weighted by atomic mass is 28.4. The largest absolute Gasteiger partial charge is 0.395 e. The number of allylic oxidation sites excluding steroid dienone is 3. The Morgan fingerprint density at radius 3 is 2.17 bits per heavy atom. The van der Waals surface area contributed by atoms with Gasteiger partial charge in [-0.25, -0.2) is 0 Å². The van der Waals surface area contributed by atoms with E-state index >= 15 is 0 Å².